The molecule has 3 aromatic rings. The first kappa shape index (κ1) is 21.7. The maximum atomic E-state index is 13.4. The second kappa shape index (κ2) is 9.30. The monoisotopic (exact) mass is 435 g/mol. The molecule has 1 saturated carbocycles. The Morgan fingerprint density at radius 1 is 1.03 bits per heavy atom. The molecule has 2 heterocycles. The van der Waals surface area contributed by atoms with E-state index < -0.39 is 11.8 Å². The van der Waals surface area contributed by atoms with Crippen molar-refractivity contribution in [2.24, 2.45) is 5.92 Å². The zero-order chi connectivity index (χ0) is 22.7. The van der Waals surface area contributed by atoms with E-state index in [1.54, 1.807) is 6.92 Å². The van der Waals surface area contributed by atoms with E-state index in [9.17, 15) is 9.18 Å². The van der Waals surface area contributed by atoms with Crippen molar-refractivity contribution in [1.82, 2.24) is 15.0 Å². The van der Waals surface area contributed by atoms with Crippen LogP contribution in [0.15, 0.2) is 42.7 Å². The molecule has 0 radical (unpaired) electrons. The first-order valence-corrected chi connectivity index (χ1v) is 10.7. The standard InChI is InChI=1S/C24H26FN5O2/c1-14-9-18(11-20(10-14)30-24-27-13-21(25)15(2)28-24)17-5-8-22(26-12-17)29-19-6-3-16(4-7-19)23(31)32/h5,8-13,16,19H,3-4,6-7H2,1-2H3,(H,26,29)(H,31,32)(H,27,28,30). The summed E-state index contributed by atoms with van der Waals surface area (Å²) in [6.45, 7) is 3.60. The number of benzene rings is 1. The molecule has 0 aliphatic heterocycles. The molecule has 1 aromatic carbocycles. The second-order valence-corrected chi connectivity index (χ2v) is 8.30. The molecule has 0 spiro atoms. The van der Waals surface area contributed by atoms with Gasteiger partial charge >= 0.3 is 5.97 Å². The summed E-state index contributed by atoms with van der Waals surface area (Å²) < 4.78 is 13.4. The van der Waals surface area contributed by atoms with Gasteiger partial charge in [0.2, 0.25) is 5.95 Å². The number of carbonyl (C=O) groups is 1. The third-order valence-electron chi connectivity index (χ3n) is 5.78. The molecule has 8 heteroatoms. The highest BCUT2D eigenvalue weighted by molar-refractivity contribution is 5.71. The van der Waals surface area contributed by atoms with Gasteiger partial charge in [0, 0.05) is 23.5 Å². The first-order chi connectivity index (χ1) is 15.4. The molecular formula is C24H26FN5O2. The molecule has 0 saturated heterocycles. The lowest BCUT2D eigenvalue weighted by Gasteiger charge is -2.27. The summed E-state index contributed by atoms with van der Waals surface area (Å²) in [6.07, 6.45) is 6.03. The fourth-order valence-corrected chi connectivity index (χ4v) is 4.01. The van der Waals surface area contributed by atoms with Crippen molar-refractivity contribution in [3.05, 3.63) is 59.8 Å². The Bertz CT molecular complexity index is 1110. The summed E-state index contributed by atoms with van der Waals surface area (Å²) in [4.78, 5) is 23.8. The van der Waals surface area contributed by atoms with Gasteiger partial charge in [-0.2, -0.15) is 0 Å². The number of pyridine rings is 1. The number of anilines is 3. The number of aliphatic carboxylic acids is 1. The molecule has 0 atom stereocenters. The minimum absolute atomic E-state index is 0.225. The average Bonchev–Trinajstić information content (AvgIpc) is 2.77. The van der Waals surface area contributed by atoms with Gasteiger partial charge in [0.15, 0.2) is 5.82 Å². The first-order valence-electron chi connectivity index (χ1n) is 10.7. The summed E-state index contributed by atoms with van der Waals surface area (Å²) in [7, 11) is 0. The van der Waals surface area contributed by atoms with Crippen LogP contribution in [0.25, 0.3) is 11.1 Å². The van der Waals surface area contributed by atoms with E-state index in [0.29, 0.717) is 24.5 Å². The number of halogens is 1. The van der Waals surface area contributed by atoms with Gasteiger partial charge in [0.1, 0.15) is 5.82 Å². The van der Waals surface area contributed by atoms with E-state index in [1.807, 2.05) is 37.4 Å². The molecule has 0 amide bonds. The van der Waals surface area contributed by atoms with Crippen molar-refractivity contribution in [2.75, 3.05) is 10.6 Å². The number of hydrogen-bond donors (Lipinski definition) is 3. The van der Waals surface area contributed by atoms with Crippen molar-refractivity contribution in [2.45, 2.75) is 45.6 Å². The number of aryl methyl sites for hydroxylation is 2. The second-order valence-electron chi connectivity index (χ2n) is 8.30. The van der Waals surface area contributed by atoms with Crippen LogP contribution in [0, 0.1) is 25.6 Å². The maximum absolute atomic E-state index is 13.4. The highest BCUT2D eigenvalue weighted by atomic mass is 19.1. The summed E-state index contributed by atoms with van der Waals surface area (Å²) >= 11 is 0. The van der Waals surface area contributed by atoms with E-state index in [4.69, 9.17) is 5.11 Å². The van der Waals surface area contributed by atoms with E-state index in [2.05, 4.69) is 31.7 Å². The number of nitrogens with zero attached hydrogens (tertiary/aromatic N) is 3. The largest absolute Gasteiger partial charge is 0.481 e. The molecule has 0 bridgehead atoms. The van der Waals surface area contributed by atoms with E-state index in [1.165, 1.54) is 0 Å². The van der Waals surface area contributed by atoms with Gasteiger partial charge in [-0.15, -0.1) is 0 Å². The van der Waals surface area contributed by atoms with E-state index in [0.717, 1.165) is 47.2 Å². The number of carboxylic acid groups (broad SMARTS) is 1. The Hall–Kier alpha value is -3.55. The molecule has 0 unspecified atom stereocenters. The summed E-state index contributed by atoms with van der Waals surface area (Å²) in [5, 5.41) is 15.7. The quantitative estimate of drug-likeness (QED) is 0.496. The topological polar surface area (TPSA) is 100 Å². The van der Waals surface area contributed by atoms with Crippen molar-refractivity contribution in [1.29, 1.82) is 0 Å². The van der Waals surface area contributed by atoms with Crippen LogP contribution in [0.1, 0.15) is 36.9 Å². The molecule has 3 N–H and O–H groups in total. The minimum Gasteiger partial charge on any atom is -0.481 e. The zero-order valence-electron chi connectivity index (χ0n) is 18.1. The van der Waals surface area contributed by atoms with Crippen molar-refractivity contribution >= 4 is 23.4 Å². The minimum atomic E-state index is -0.695. The van der Waals surface area contributed by atoms with Gasteiger partial charge in [-0.1, -0.05) is 6.07 Å². The Morgan fingerprint density at radius 2 is 1.81 bits per heavy atom. The van der Waals surface area contributed by atoms with Crippen LogP contribution in [-0.2, 0) is 4.79 Å². The number of aromatic nitrogens is 3. The molecule has 1 fully saturated rings. The van der Waals surface area contributed by atoms with Gasteiger partial charge < -0.3 is 15.7 Å². The smallest absolute Gasteiger partial charge is 0.306 e. The molecule has 32 heavy (non-hydrogen) atoms. The van der Waals surface area contributed by atoms with Crippen LogP contribution in [0.3, 0.4) is 0 Å². The van der Waals surface area contributed by atoms with Gasteiger partial charge in [-0.25, -0.2) is 19.3 Å². The summed E-state index contributed by atoms with van der Waals surface area (Å²) in [6, 6.07) is 10.2. The number of hydrogen-bond acceptors (Lipinski definition) is 6. The van der Waals surface area contributed by atoms with Crippen LogP contribution in [-0.4, -0.2) is 32.1 Å². The number of carboxylic acids is 1. The Balaban J connectivity index is 1.44. The van der Waals surface area contributed by atoms with E-state index >= 15 is 0 Å². The molecule has 7 nitrogen and oxygen atoms in total. The highest BCUT2D eigenvalue weighted by Gasteiger charge is 2.25. The molecule has 1 aliphatic carbocycles. The zero-order valence-corrected chi connectivity index (χ0v) is 18.1. The Kier molecular flexibility index (Phi) is 6.30. The summed E-state index contributed by atoms with van der Waals surface area (Å²) in [5.74, 6) is -0.226. The Morgan fingerprint density at radius 3 is 2.47 bits per heavy atom. The van der Waals surface area contributed by atoms with E-state index in [-0.39, 0.29) is 12.0 Å². The normalized spacial score (nSPS) is 18.2. The predicted octanol–water partition coefficient (Wildman–Crippen LogP) is 5.09. The number of nitrogens with one attached hydrogen (secondary N) is 2. The van der Waals surface area contributed by atoms with Crippen molar-refractivity contribution < 1.29 is 14.3 Å². The molecule has 1 aliphatic rings. The lowest BCUT2D eigenvalue weighted by Crippen LogP contribution is -2.29. The van der Waals surface area contributed by atoms with Gasteiger partial charge in [-0.3, -0.25) is 4.79 Å². The SMILES string of the molecule is Cc1cc(Nc2ncc(F)c(C)n2)cc(-c2ccc(NC3CCC(C(=O)O)CC3)nc2)c1. The maximum Gasteiger partial charge on any atom is 0.306 e. The fourth-order valence-electron chi connectivity index (χ4n) is 4.01. The Labute approximate surface area is 186 Å². The van der Waals surface area contributed by atoms with Crippen molar-refractivity contribution in [3.8, 4) is 11.1 Å². The molecule has 2 aromatic heterocycles. The third kappa shape index (κ3) is 5.19. The van der Waals surface area contributed by atoms with Gasteiger partial charge in [0.05, 0.1) is 17.8 Å². The summed E-state index contributed by atoms with van der Waals surface area (Å²) in [5.41, 5.74) is 4.11. The lowest BCUT2D eigenvalue weighted by atomic mass is 9.86. The predicted molar refractivity (Wildman–Crippen MR) is 121 cm³/mol. The number of rotatable bonds is 6. The fraction of sp³-hybridized carbons (Fsp3) is 0.333. The molecular weight excluding hydrogens is 409 g/mol. The highest BCUT2D eigenvalue weighted by Crippen LogP contribution is 2.28. The molecule has 166 valence electrons. The van der Waals surface area contributed by atoms with Crippen LogP contribution in [0.5, 0.6) is 0 Å². The van der Waals surface area contributed by atoms with Crippen LogP contribution in [0.2, 0.25) is 0 Å². The van der Waals surface area contributed by atoms with Crippen LogP contribution < -0.4 is 10.6 Å². The third-order valence-corrected chi connectivity index (χ3v) is 5.78. The average molecular weight is 436 g/mol. The van der Waals surface area contributed by atoms with Gasteiger partial charge in [-0.05, 0) is 74.9 Å². The van der Waals surface area contributed by atoms with Crippen LogP contribution in [0.4, 0.5) is 21.8 Å². The molecule has 4 rings (SSSR count). The lowest BCUT2D eigenvalue weighted by molar-refractivity contribution is -0.142. The van der Waals surface area contributed by atoms with Crippen molar-refractivity contribution in [3.63, 3.8) is 0 Å². The van der Waals surface area contributed by atoms with Crippen LogP contribution >= 0.6 is 0 Å². The van der Waals surface area contributed by atoms with Gasteiger partial charge in [0.25, 0.3) is 0 Å².